The van der Waals surface area contributed by atoms with Crippen molar-refractivity contribution < 1.29 is 26.0 Å². The molecule has 4 rings (SSSR count). The second-order valence-electron chi connectivity index (χ2n) is 7.73. The van der Waals surface area contributed by atoms with E-state index in [-0.39, 0.29) is 11.3 Å². The fourth-order valence-electron chi connectivity index (χ4n) is 3.65. The van der Waals surface area contributed by atoms with Crippen LogP contribution in [0.25, 0.3) is 0 Å². The minimum absolute atomic E-state index is 0.0207. The van der Waals surface area contributed by atoms with Crippen molar-refractivity contribution >= 4 is 31.4 Å². The van der Waals surface area contributed by atoms with Crippen LogP contribution in [0.5, 0.6) is 5.75 Å². The minimum atomic E-state index is -4.07. The largest absolute Gasteiger partial charge is 0.497 e. The first kappa shape index (κ1) is 23.7. The van der Waals surface area contributed by atoms with Crippen molar-refractivity contribution in [3.05, 3.63) is 89.7 Å². The fraction of sp³-hybridized carbons (Fsp3) is 0.174. The van der Waals surface area contributed by atoms with Crippen LogP contribution in [0.1, 0.15) is 23.6 Å². The van der Waals surface area contributed by atoms with Crippen LogP contribution in [0.2, 0.25) is 0 Å². The molecule has 1 N–H and O–H groups in total. The maximum absolute atomic E-state index is 14.0. The van der Waals surface area contributed by atoms with E-state index in [9.17, 15) is 21.2 Å². The van der Waals surface area contributed by atoms with Gasteiger partial charge in [0.1, 0.15) is 11.6 Å². The average Bonchev–Trinajstić information content (AvgIpc) is 3.25. The first-order valence-electron chi connectivity index (χ1n) is 10.2. The standard InChI is InChI=1S/C23H22FN3O5S2/c1-32-20-10-12-21(13-11-20)34(30,31)27-23(17-4-3-5-18(24)14-17)15-22(25-27)16-6-8-19(9-7-16)26-33(2,28)29/h3-14,23,26H,15H2,1-2H3/t23-/m0/s1. The van der Waals surface area contributed by atoms with E-state index in [1.807, 2.05) is 0 Å². The Kier molecular flexibility index (Phi) is 6.32. The van der Waals surface area contributed by atoms with Gasteiger partial charge in [-0.3, -0.25) is 4.72 Å². The molecule has 3 aromatic rings. The van der Waals surface area contributed by atoms with E-state index in [1.165, 1.54) is 49.6 Å². The molecule has 1 atom stereocenters. The normalized spacial score (nSPS) is 16.3. The number of sulfonamides is 2. The highest BCUT2D eigenvalue weighted by molar-refractivity contribution is 7.92. The van der Waals surface area contributed by atoms with Crippen molar-refractivity contribution in [1.29, 1.82) is 0 Å². The van der Waals surface area contributed by atoms with E-state index in [0.717, 1.165) is 10.7 Å². The van der Waals surface area contributed by atoms with Gasteiger partial charge < -0.3 is 4.74 Å². The number of nitrogens with one attached hydrogen (secondary N) is 1. The lowest BCUT2D eigenvalue weighted by atomic mass is 9.99. The molecule has 8 nitrogen and oxygen atoms in total. The predicted molar refractivity (Wildman–Crippen MR) is 127 cm³/mol. The van der Waals surface area contributed by atoms with Crippen LogP contribution < -0.4 is 9.46 Å². The lowest BCUT2D eigenvalue weighted by Crippen LogP contribution is -2.27. The van der Waals surface area contributed by atoms with E-state index in [1.54, 1.807) is 30.3 Å². The Morgan fingerprint density at radius 1 is 1.00 bits per heavy atom. The van der Waals surface area contributed by atoms with Crippen LogP contribution in [-0.4, -0.2) is 40.3 Å². The Hall–Kier alpha value is -3.44. The molecule has 11 heteroatoms. The van der Waals surface area contributed by atoms with Gasteiger partial charge in [-0.25, -0.2) is 12.8 Å². The Labute approximate surface area is 197 Å². The van der Waals surface area contributed by atoms with Gasteiger partial charge in [-0.1, -0.05) is 24.3 Å². The third-order valence-corrected chi connectivity index (χ3v) is 7.53. The topological polar surface area (TPSA) is 105 Å². The Morgan fingerprint density at radius 2 is 1.68 bits per heavy atom. The average molecular weight is 504 g/mol. The van der Waals surface area contributed by atoms with Gasteiger partial charge in [-0.2, -0.15) is 17.9 Å². The first-order chi connectivity index (χ1) is 16.1. The van der Waals surface area contributed by atoms with Gasteiger partial charge in [0.2, 0.25) is 10.0 Å². The monoisotopic (exact) mass is 503 g/mol. The van der Waals surface area contributed by atoms with Crippen LogP contribution in [0, 0.1) is 5.82 Å². The molecule has 178 valence electrons. The molecule has 0 unspecified atom stereocenters. The van der Waals surface area contributed by atoms with Gasteiger partial charge in [0.05, 0.1) is 30.0 Å². The van der Waals surface area contributed by atoms with Gasteiger partial charge in [0, 0.05) is 12.1 Å². The molecule has 0 spiro atoms. The summed E-state index contributed by atoms with van der Waals surface area (Å²) in [5.74, 6) is 0.0259. The summed E-state index contributed by atoms with van der Waals surface area (Å²) in [6.45, 7) is 0. The van der Waals surface area contributed by atoms with Crippen molar-refractivity contribution in [2.75, 3.05) is 18.1 Å². The summed E-state index contributed by atoms with van der Waals surface area (Å²) in [7, 11) is -6.02. The summed E-state index contributed by atoms with van der Waals surface area (Å²) in [5.41, 5.74) is 1.92. The molecule has 0 saturated heterocycles. The highest BCUT2D eigenvalue weighted by Gasteiger charge is 2.38. The van der Waals surface area contributed by atoms with Crippen LogP contribution >= 0.6 is 0 Å². The second kappa shape index (κ2) is 9.07. The molecule has 0 saturated carbocycles. The zero-order valence-corrected chi connectivity index (χ0v) is 20.0. The molecule has 1 aliphatic heterocycles. The number of hydrogen-bond donors (Lipinski definition) is 1. The van der Waals surface area contributed by atoms with E-state index >= 15 is 0 Å². The predicted octanol–water partition coefficient (Wildman–Crippen LogP) is 3.75. The zero-order chi connectivity index (χ0) is 24.5. The Balaban J connectivity index is 1.73. The van der Waals surface area contributed by atoms with Crippen molar-refractivity contribution in [2.24, 2.45) is 5.10 Å². The number of methoxy groups -OCH3 is 1. The summed E-state index contributed by atoms with van der Waals surface area (Å²) in [6, 6.07) is 17.4. The summed E-state index contributed by atoms with van der Waals surface area (Å²) in [4.78, 5) is 0.0207. The quantitative estimate of drug-likeness (QED) is 0.529. The molecule has 1 heterocycles. The molecule has 34 heavy (non-hydrogen) atoms. The summed E-state index contributed by atoms with van der Waals surface area (Å²) < 4.78 is 72.4. The maximum atomic E-state index is 14.0. The SMILES string of the molecule is COc1ccc(S(=O)(=O)N2N=C(c3ccc(NS(C)(=O)=O)cc3)C[C@H]2c2cccc(F)c2)cc1. The lowest BCUT2D eigenvalue weighted by molar-refractivity contribution is 0.370. The molecule has 3 aromatic carbocycles. The molecule has 0 amide bonds. The number of anilines is 1. The molecule has 0 fully saturated rings. The summed E-state index contributed by atoms with van der Waals surface area (Å²) >= 11 is 0. The summed E-state index contributed by atoms with van der Waals surface area (Å²) in [5, 5.41) is 4.41. The van der Waals surface area contributed by atoms with Gasteiger partial charge in [0.15, 0.2) is 0 Å². The number of hydrogen-bond acceptors (Lipinski definition) is 6. The fourth-order valence-corrected chi connectivity index (χ4v) is 5.64. The van der Waals surface area contributed by atoms with E-state index < -0.39 is 31.9 Å². The number of ether oxygens (including phenoxy) is 1. The zero-order valence-electron chi connectivity index (χ0n) is 18.3. The van der Waals surface area contributed by atoms with Crippen LogP contribution in [0.4, 0.5) is 10.1 Å². The van der Waals surface area contributed by atoms with Gasteiger partial charge in [-0.05, 0) is 59.7 Å². The van der Waals surface area contributed by atoms with Gasteiger partial charge >= 0.3 is 0 Å². The minimum Gasteiger partial charge on any atom is -0.497 e. The maximum Gasteiger partial charge on any atom is 0.279 e. The van der Waals surface area contributed by atoms with Gasteiger partial charge in [0.25, 0.3) is 10.0 Å². The molecule has 0 bridgehead atoms. The molecule has 0 radical (unpaired) electrons. The number of nitrogens with zero attached hydrogens (tertiary/aromatic N) is 2. The van der Waals surface area contributed by atoms with E-state index in [2.05, 4.69) is 9.82 Å². The van der Waals surface area contributed by atoms with Crippen molar-refractivity contribution in [2.45, 2.75) is 17.4 Å². The van der Waals surface area contributed by atoms with Crippen molar-refractivity contribution in [1.82, 2.24) is 4.41 Å². The number of rotatable bonds is 7. The highest BCUT2D eigenvalue weighted by atomic mass is 32.2. The molecule has 0 aliphatic carbocycles. The third-order valence-electron chi connectivity index (χ3n) is 5.23. The Morgan fingerprint density at radius 3 is 2.26 bits per heavy atom. The third kappa shape index (κ3) is 5.05. The van der Waals surface area contributed by atoms with E-state index in [0.29, 0.717) is 28.3 Å². The molecular formula is C23H22FN3O5S2. The Bertz CT molecular complexity index is 1440. The lowest BCUT2D eigenvalue weighted by Gasteiger charge is -2.23. The number of halogens is 1. The van der Waals surface area contributed by atoms with Crippen LogP contribution in [-0.2, 0) is 20.0 Å². The van der Waals surface area contributed by atoms with Crippen molar-refractivity contribution in [3.63, 3.8) is 0 Å². The molecular weight excluding hydrogens is 481 g/mol. The van der Waals surface area contributed by atoms with Gasteiger partial charge in [-0.15, -0.1) is 0 Å². The smallest absolute Gasteiger partial charge is 0.279 e. The highest BCUT2D eigenvalue weighted by Crippen LogP contribution is 2.37. The number of hydrazone groups is 1. The second-order valence-corrected chi connectivity index (χ2v) is 11.3. The van der Waals surface area contributed by atoms with Crippen LogP contribution in [0.3, 0.4) is 0 Å². The van der Waals surface area contributed by atoms with Crippen molar-refractivity contribution in [3.8, 4) is 5.75 Å². The van der Waals surface area contributed by atoms with E-state index in [4.69, 9.17) is 4.74 Å². The summed E-state index contributed by atoms with van der Waals surface area (Å²) in [6.07, 6.45) is 1.26. The number of benzene rings is 3. The molecule has 1 aliphatic rings. The van der Waals surface area contributed by atoms with Crippen LogP contribution in [0.15, 0.2) is 82.8 Å². The molecule has 0 aromatic heterocycles. The first-order valence-corrected chi connectivity index (χ1v) is 13.5.